The number of thiazole rings is 1. The Bertz CT molecular complexity index is 431. The van der Waals surface area contributed by atoms with Gasteiger partial charge in [-0.3, -0.25) is 0 Å². The molecule has 0 saturated heterocycles. The third-order valence-corrected chi connectivity index (χ3v) is 5.38. The average Bonchev–Trinajstić information content (AvgIpc) is 2.71. The van der Waals surface area contributed by atoms with Crippen molar-refractivity contribution < 1.29 is 9.90 Å². The molecule has 1 aliphatic rings. The summed E-state index contributed by atoms with van der Waals surface area (Å²) < 4.78 is 0. The standard InChI is InChI=1S/C14H21NO2S/c1-8(2)10-4-6-11(7-5-10)13-15-9(3)12(18-13)14(16)17/h8,10-11H,4-7H2,1-3H3,(H,16,17). The molecule has 0 spiro atoms. The number of aryl methyl sites for hydroxylation is 1. The van der Waals surface area contributed by atoms with Crippen molar-refractivity contribution in [1.29, 1.82) is 0 Å². The molecule has 0 aromatic carbocycles. The summed E-state index contributed by atoms with van der Waals surface area (Å²) in [6, 6.07) is 0. The third kappa shape index (κ3) is 2.74. The number of carbonyl (C=O) groups is 1. The molecule has 100 valence electrons. The molecule has 18 heavy (non-hydrogen) atoms. The van der Waals surface area contributed by atoms with Gasteiger partial charge in [-0.05, 0) is 44.4 Å². The number of nitrogens with zero attached hydrogens (tertiary/aromatic N) is 1. The van der Waals surface area contributed by atoms with Crippen molar-refractivity contribution in [3.63, 3.8) is 0 Å². The zero-order chi connectivity index (χ0) is 13.3. The van der Waals surface area contributed by atoms with E-state index in [0.717, 1.165) is 29.7 Å². The number of hydrogen-bond acceptors (Lipinski definition) is 3. The summed E-state index contributed by atoms with van der Waals surface area (Å²) in [5.74, 6) is 1.24. The molecule has 4 heteroatoms. The molecular weight excluding hydrogens is 246 g/mol. The van der Waals surface area contributed by atoms with Crippen LogP contribution >= 0.6 is 11.3 Å². The Hall–Kier alpha value is -0.900. The van der Waals surface area contributed by atoms with Crippen LogP contribution in [0.15, 0.2) is 0 Å². The quantitative estimate of drug-likeness (QED) is 0.897. The van der Waals surface area contributed by atoms with E-state index in [4.69, 9.17) is 5.11 Å². The maximum absolute atomic E-state index is 11.0. The summed E-state index contributed by atoms with van der Waals surface area (Å²) in [6.07, 6.45) is 4.83. The van der Waals surface area contributed by atoms with Gasteiger partial charge in [0.25, 0.3) is 0 Å². The molecule has 0 unspecified atom stereocenters. The second-order valence-corrected chi connectivity index (χ2v) is 6.66. The lowest BCUT2D eigenvalue weighted by molar-refractivity contribution is 0.0701. The van der Waals surface area contributed by atoms with Gasteiger partial charge < -0.3 is 5.11 Å². The number of aromatic nitrogens is 1. The number of rotatable bonds is 3. The Morgan fingerprint density at radius 3 is 2.39 bits per heavy atom. The second kappa shape index (κ2) is 5.39. The van der Waals surface area contributed by atoms with Gasteiger partial charge in [0.2, 0.25) is 0 Å². The van der Waals surface area contributed by atoms with Gasteiger partial charge in [-0.1, -0.05) is 13.8 Å². The highest BCUT2D eigenvalue weighted by atomic mass is 32.1. The summed E-state index contributed by atoms with van der Waals surface area (Å²) in [5, 5.41) is 10.1. The lowest BCUT2D eigenvalue weighted by Crippen LogP contribution is -2.17. The Morgan fingerprint density at radius 1 is 1.33 bits per heavy atom. The van der Waals surface area contributed by atoms with Crippen molar-refractivity contribution >= 4 is 17.3 Å². The molecular formula is C14H21NO2S. The van der Waals surface area contributed by atoms with Crippen molar-refractivity contribution in [1.82, 2.24) is 4.98 Å². The molecule has 0 atom stereocenters. The zero-order valence-corrected chi connectivity index (χ0v) is 12.1. The largest absolute Gasteiger partial charge is 0.477 e. The van der Waals surface area contributed by atoms with Crippen LogP contribution in [0, 0.1) is 18.8 Å². The summed E-state index contributed by atoms with van der Waals surface area (Å²) in [4.78, 5) is 15.9. The minimum Gasteiger partial charge on any atom is -0.477 e. The van der Waals surface area contributed by atoms with Crippen molar-refractivity contribution in [2.24, 2.45) is 11.8 Å². The maximum Gasteiger partial charge on any atom is 0.347 e. The molecule has 1 heterocycles. The first kappa shape index (κ1) is 13.5. The highest BCUT2D eigenvalue weighted by Crippen LogP contribution is 2.40. The predicted octanol–water partition coefficient (Wildman–Crippen LogP) is 4.08. The lowest BCUT2D eigenvalue weighted by atomic mass is 9.77. The van der Waals surface area contributed by atoms with Gasteiger partial charge >= 0.3 is 5.97 Å². The Kier molecular flexibility index (Phi) is 4.05. The first-order chi connectivity index (χ1) is 8.49. The van der Waals surface area contributed by atoms with E-state index < -0.39 is 5.97 Å². The first-order valence-corrected chi connectivity index (χ1v) is 7.51. The smallest absolute Gasteiger partial charge is 0.347 e. The first-order valence-electron chi connectivity index (χ1n) is 6.69. The van der Waals surface area contributed by atoms with Crippen molar-refractivity contribution in [2.45, 2.75) is 52.4 Å². The van der Waals surface area contributed by atoms with Crippen LogP contribution in [0.5, 0.6) is 0 Å². The van der Waals surface area contributed by atoms with E-state index in [1.165, 1.54) is 24.2 Å². The van der Waals surface area contributed by atoms with Crippen LogP contribution in [0.3, 0.4) is 0 Å². The van der Waals surface area contributed by atoms with Crippen molar-refractivity contribution in [3.05, 3.63) is 15.6 Å². The van der Waals surface area contributed by atoms with Gasteiger partial charge in [0.1, 0.15) is 4.88 Å². The molecule has 1 fully saturated rings. The summed E-state index contributed by atoms with van der Waals surface area (Å²) >= 11 is 1.37. The molecule has 1 N–H and O–H groups in total. The second-order valence-electron chi connectivity index (χ2n) is 5.63. The van der Waals surface area contributed by atoms with Crippen LogP contribution in [-0.4, -0.2) is 16.1 Å². The fourth-order valence-corrected chi connectivity index (χ4v) is 3.90. The fraction of sp³-hybridized carbons (Fsp3) is 0.714. The molecule has 0 radical (unpaired) electrons. The van der Waals surface area contributed by atoms with Crippen LogP contribution in [0.1, 0.15) is 65.8 Å². The number of carboxylic acid groups (broad SMARTS) is 1. The SMILES string of the molecule is Cc1nc(C2CCC(C(C)C)CC2)sc1C(=O)O. The summed E-state index contributed by atoms with van der Waals surface area (Å²) in [7, 11) is 0. The van der Waals surface area contributed by atoms with Gasteiger partial charge in [0, 0.05) is 5.92 Å². The highest BCUT2D eigenvalue weighted by molar-refractivity contribution is 7.13. The third-order valence-electron chi connectivity index (χ3n) is 4.07. The van der Waals surface area contributed by atoms with Gasteiger partial charge in [-0.15, -0.1) is 11.3 Å². The summed E-state index contributed by atoms with van der Waals surface area (Å²) in [6.45, 7) is 6.38. The van der Waals surface area contributed by atoms with E-state index in [1.54, 1.807) is 6.92 Å². The highest BCUT2D eigenvalue weighted by Gasteiger charge is 2.27. The molecule has 2 rings (SSSR count). The predicted molar refractivity (Wildman–Crippen MR) is 73.3 cm³/mol. The van der Waals surface area contributed by atoms with Crippen LogP contribution in [0.4, 0.5) is 0 Å². The maximum atomic E-state index is 11.0. The van der Waals surface area contributed by atoms with Crippen LogP contribution in [0.25, 0.3) is 0 Å². The molecule has 1 saturated carbocycles. The molecule has 0 amide bonds. The topological polar surface area (TPSA) is 50.2 Å². The van der Waals surface area contributed by atoms with E-state index >= 15 is 0 Å². The van der Waals surface area contributed by atoms with Gasteiger partial charge in [0.05, 0.1) is 10.7 Å². The van der Waals surface area contributed by atoms with Gasteiger partial charge in [-0.2, -0.15) is 0 Å². The number of carboxylic acids is 1. The Morgan fingerprint density at radius 2 is 1.94 bits per heavy atom. The molecule has 3 nitrogen and oxygen atoms in total. The van der Waals surface area contributed by atoms with Gasteiger partial charge in [-0.25, -0.2) is 9.78 Å². The van der Waals surface area contributed by atoms with E-state index in [2.05, 4.69) is 18.8 Å². The Labute approximate surface area is 112 Å². The number of aromatic carboxylic acids is 1. The monoisotopic (exact) mass is 267 g/mol. The molecule has 1 aromatic heterocycles. The van der Waals surface area contributed by atoms with Crippen LogP contribution < -0.4 is 0 Å². The van der Waals surface area contributed by atoms with E-state index in [9.17, 15) is 4.79 Å². The Balaban J connectivity index is 2.06. The minimum absolute atomic E-state index is 0.413. The fourth-order valence-electron chi connectivity index (χ4n) is 2.82. The normalized spacial score (nSPS) is 24.4. The van der Waals surface area contributed by atoms with Crippen LogP contribution in [0.2, 0.25) is 0 Å². The van der Waals surface area contributed by atoms with E-state index in [1.807, 2.05) is 0 Å². The van der Waals surface area contributed by atoms with Gasteiger partial charge in [0.15, 0.2) is 0 Å². The van der Waals surface area contributed by atoms with Crippen molar-refractivity contribution in [3.8, 4) is 0 Å². The average molecular weight is 267 g/mol. The molecule has 1 aromatic rings. The van der Waals surface area contributed by atoms with E-state index in [0.29, 0.717) is 16.5 Å². The van der Waals surface area contributed by atoms with Crippen LogP contribution in [-0.2, 0) is 0 Å². The molecule has 1 aliphatic carbocycles. The zero-order valence-electron chi connectivity index (χ0n) is 11.3. The number of hydrogen-bond donors (Lipinski definition) is 1. The van der Waals surface area contributed by atoms with E-state index in [-0.39, 0.29) is 0 Å². The summed E-state index contributed by atoms with van der Waals surface area (Å²) in [5.41, 5.74) is 0.675. The van der Waals surface area contributed by atoms with Crippen molar-refractivity contribution in [2.75, 3.05) is 0 Å². The molecule has 0 aliphatic heterocycles. The lowest BCUT2D eigenvalue weighted by Gasteiger charge is -2.29. The minimum atomic E-state index is -0.841. The molecule has 0 bridgehead atoms.